The summed E-state index contributed by atoms with van der Waals surface area (Å²) in [5.41, 5.74) is 0.677. The molecular weight excluding hydrogens is 437 g/mol. The number of ether oxygens (including phenoxy) is 1. The van der Waals surface area contributed by atoms with Crippen LogP contribution in [0.1, 0.15) is 12.0 Å². The molecule has 2 aliphatic rings. The number of benzene rings is 1. The molecule has 33 heavy (non-hydrogen) atoms. The molecule has 2 amide bonds. The first-order chi connectivity index (χ1) is 15.8. The van der Waals surface area contributed by atoms with Crippen molar-refractivity contribution in [2.24, 2.45) is 0 Å². The number of halogens is 3. The van der Waals surface area contributed by atoms with Gasteiger partial charge in [0.15, 0.2) is 5.82 Å². The molecule has 0 aliphatic carbocycles. The van der Waals surface area contributed by atoms with Crippen LogP contribution in [-0.4, -0.2) is 47.2 Å². The number of hydrogen-bond acceptors (Lipinski definition) is 6. The molecule has 1 atom stereocenters. The van der Waals surface area contributed by atoms with E-state index < -0.39 is 17.8 Å². The first kappa shape index (κ1) is 21.0. The maximum Gasteiger partial charge on any atom is 0.416 e. The second-order valence-corrected chi connectivity index (χ2v) is 7.74. The molecule has 3 aromatic rings. The minimum absolute atomic E-state index is 0.115. The lowest BCUT2D eigenvalue weighted by atomic mass is 10.1. The lowest BCUT2D eigenvalue weighted by Gasteiger charge is -2.35. The Kier molecular flexibility index (Phi) is 5.03. The van der Waals surface area contributed by atoms with Crippen LogP contribution in [0.15, 0.2) is 48.7 Å². The van der Waals surface area contributed by atoms with Gasteiger partial charge in [0.05, 0.1) is 30.1 Å². The van der Waals surface area contributed by atoms with Gasteiger partial charge in [0.1, 0.15) is 5.82 Å². The van der Waals surface area contributed by atoms with E-state index in [2.05, 4.69) is 25.2 Å². The van der Waals surface area contributed by atoms with Gasteiger partial charge in [-0.1, -0.05) is 12.1 Å². The molecule has 5 rings (SSSR count). The fourth-order valence-corrected chi connectivity index (χ4v) is 4.17. The summed E-state index contributed by atoms with van der Waals surface area (Å²) in [6.07, 6.45) is -2.25. The van der Waals surface area contributed by atoms with Gasteiger partial charge in [0.2, 0.25) is 0 Å². The number of nitrogens with one attached hydrogen (secondary N) is 1. The molecule has 4 heterocycles. The number of anilines is 3. The molecule has 0 unspecified atom stereocenters. The number of fused-ring (bicyclic) bond motifs is 4. The van der Waals surface area contributed by atoms with Gasteiger partial charge in [0, 0.05) is 24.8 Å². The van der Waals surface area contributed by atoms with Crippen LogP contribution in [0.25, 0.3) is 11.3 Å². The minimum Gasteiger partial charge on any atom is -0.467 e. The topological polar surface area (TPSA) is 83.5 Å². The van der Waals surface area contributed by atoms with Crippen LogP contribution in [0.2, 0.25) is 0 Å². The Balaban J connectivity index is 1.51. The van der Waals surface area contributed by atoms with Gasteiger partial charge in [-0.25, -0.2) is 14.8 Å². The van der Waals surface area contributed by atoms with E-state index in [1.54, 1.807) is 29.2 Å². The van der Waals surface area contributed by atoms with Crippen molar-refractivity contribution in [3.8, 4) is 17.3 Å². The quantitative estimate of drug-likeness (QED) is 0.636. The third-order valence-corrected chi connectivity index (χ3v) is 5.71. The molecule has 0 radical (unpaired) electrons. The Labute approximate surface area is 187 Å². The Hall–Kier alpha value is -3.89. The van der Waals surface area contributed by atoms with Crippen molar-refractivity contribution in [2.45, 2.75) is 18.6 Å². The second-order valence-electron chi connectivity index (χ2n) is 7.74. The SMILES string of the molecule is COc1nccc(NC(=O)N2c3nc(-c4cccc(C(F)(F)F)c4)ccc3N3CC[C@H]2C3)n1. The molecule has 2 aliphatic heterocycles. The molecule has 0 saturated carbocycles. The third kappa shape index (κ3) is 3.90. The largest absolute Gasteiger partial charge is 0.467 e. The zero-order chi connectivity index (χ0) is 23.2. The Bertz CT molecular complexity index is 1220. The summed E-state index contributed by atoms with van der Waals surface area (Å²) in [7, 11) is 1.42. The molecular formula is C22H19F3N6O2. The van der Waals surface area contributed by atoms with Crippen LogP contribution >= 0.6 is 0 Å². The maximum atomic E-state index is 13.3. The summed E-state index contributed by atoms with van der Waals surface area (Å²) in [6.45, 7) is 1.41. The highest BCUT2D eigenvalue weighted by atomic mass is 19.4. The second kappa shape index (κ2) is 7.91. The summed E-state index contributed by atoms with van der Waals surface area (Å²) in [6, 6.07) is 9.57. The molecule has 2 aromatic heterocycles. The van der Waals surface area contributed by atoms with Crippen molar-refractivity contribution >= 4 is 23.4 Å². The van der Waals surface area contributed by atoms with Crippen LogP contribution in [0.3, 0.4) is 0 Å². The predicted octanol–water partition coefficient (Wildman–Crippen LogP) is 4.20. The molecule has 0 spiro atoms. The van der Waals surface area contributed by atoms with E-state index in [4.69, 9.17) is 4.74 Å². The molecule has 2 bridgehead atoms. The number of rotatable bonds is 3. The van der Waals surface area contributed by atoms with Gasteiger partial charge in [0.25, 0.3) is 0 Å². The highest BCUT2D eigenvalue weighted by Crippen LogP contribution is 2.41. The number of amides is 2. The number of aromatic nitrogens is 3. The van der Waals surface area contributed by atoms with Gasteiger partial charge < -0.3 is 9.64 Å². The normalized spacial score (nSPS) is 17.0. The molecule has 8 nitrogen and oxygen atoms in total. The Morgan fingerprint density at radius 2 is 2.03 bits per heavy atom. The first-order valence-corrected chi connectivity index (χ1v) is 10.2. The molecule has 1 N–H and O–H groups in total. The number of alkyl halides is 3. The number of nitrogens with zero attached hydrogens (tertiary/aromatic N) is 5. The fourth-order valence-electron chi connectivity index (χ4n) is 4.17. The number of methoxy groups -OCH3 is 1. The van der Waals surface area contributed by atoms with Crippen molar-refractivity contribution in [3.63, 3.8) is 0 Å². The molecule has 11 heteroatoms. The molecule has 1 fully saturated rings. The van der Waals surface area contributed by atoms with Gasteiger partial charge in [-0.15, -0.1) is 0 Å². The summed E-state index contributed by atoms with van der Waals surface area (Å²) in [4.78, 5) is 29.6. The number of pyridine rings is 1. The number of urea groups is 1. The first-order valence-electron chi connectivity index (χ1n) is 10.2. The summed E-state index contributed by atoms with van der Waals surface area (Å²) in [5, 5.41) is 2.75. The summed E-state index contributed by atoms with van der Waals surface area (Å²) >= 11 is 0. The van der Waals surface area contributed by atoms with Crippen LogP contribution in [-0.2, 0) is 6.18 Å². The highest BCUT2D eigenvalue weighted by Gasteiger charge is 2.40. The van der Waals surface area contributed by atoms with Crippen LogP contribution in [0, 0.1) is 0 Å². The lowest BCUT2D eigenvalue weighted by molar-refractivity contribution is -0.137. The van der Waals surface area contributed by atoms with E-state index in [1.165, 1.54) is 19.4 Å². The standard InChI is InChI=1S/C22H19F3N6O2/c1-33-20-26-9-7-18(28-20)29-21(32)31-15-8-10-30(12-15)17-6-5-16(27-19(17)31)13-3-2-4-14(11-13)22(23,24)25/h2-7,9,11,15H,8,10,12H2,1H3,(H,26,28,29,32)/t15-/m0/s1. The van der Waals surface area contributed by atoms with E-state index in [0.29, 0.717) is 23.6 Å². The zero-order valence-corrected chi connectivity index (χ0v) is 17.5. The average Bonchev–Trinajstić information content (AvgIpc) is 3.22. The minimum atomic E-state index is -4.46. The monoisotopic (exact) mass is 456 g/mol. The van der Waals surface area contributed by atoms with Gasteiger partial charge in [-0.05, 0) is 36.8 Å². The van der Waals surface area contributed by atoms with Crippen LogP contribution < -0.4 is 19.9 Å². The molecule has 170 valence electrons. The third-order valence-electron chi connectivity index (χ3n) is 5.71. The Morgan fingerprint density at radius 1 is 1.18 bits per heavy atom. The number of carbonyl (C=O) groups is 1. The molecule has 1 aromatic carbocycles. The lowest BCUT2D eigenvalue weighted by Crippen LogP contribution is -2.48. The number of hydrogen-bond donors (Lipinski definition) is 1. The van der Waals surface area contributed by atoms with Crippen molar-refractivity contribution in [3.05, 3.63) is 54.2 Å². The smallest absolute Gasteiger partial charge is 0.416 e. The van der Waals surface area contributed by atoms with E-state index >= 15 is 0 Å². The van der Waals surface area contributed by atoms with Crippen LogP contribution in [0.4, 0.5) is 35.3 Å². The van der Waals surface area contributed by atoms with E-state index in [-0.39, 0.29) is 17.9 Å². The van der Waals surface area contributed by atoms with E-state index in [0.717, 1.165) is 30.8 Å². The van der Waals surface area contributed by atoms with Gasteiger partial charge in [-0.3, -0.25) is 10.2 Å². The maximum absolute atomic E-state index is 13.3. The van der Waals surface area contributed by atoms with Crippen molar-refractivity contribution < 1.29 is 22.7 Å². The summed E-state index contributed by atoms with van der Waals surface area (Å²) < 4.78 is 44.6. The molecule has 1 saturated heterocycles. The van der Waals surface area contributed by atoms with E-state index in [9.17, 15) is 18.0 Å². The van der Waals surface area contributed by atoms with Crippen molar-refractivity contribution in [1.82, 2.24) is 15.0 Å². The van der Waals surface area contributed by atoms with Crippen molar-refractivity contribution in [1.29, 1.82) is 0 Å². The van der Waals surface area contributed by atoms with Crippen molar-refractivity contribution in [2.75, 3.05) is 35.3 Å². The predicted molar refractivity (Wildman–Crippen MR) is 115 cm³/mol. The highest BCUT2D eigenvalue weighted by molar-refractivity contribution is 6.04. The average molecular weight is 456 g/mol. The van der Waals surface area contributed by atoms with E-state index in [1.807, 2.05) is 0 Å². The van der Waals surface area contributed by atoms with Crippen LogP contribution in [0.5, 0.6) is 6.01 Å². The number of carbonyl (C=O) groups excluding carboxylic acids is 1. The summed E-state index contributed by atoms with van der Waals surface area (Å²) in [5.74, 6) is 0.667. The van der Waals surface area contributed by atoms with Gasteiger partial charge in [-0.2, -0.15) is 18.2 Å². The fraction of sp³-hybridized carbons (Fsp3) is 0.273. The Morgan fingerprint density at radius 3 is 2.82 bits per heavy atom. The van der Waals surface area contributed by atoms with Gasteiger partial charge >= 0.3 is 18.2 Å². The zero-order valence-electron chi connectivity index (χ0n) is 17.5.